The average molecular weight is 211 g/mol. The molecule has 82 valence electrons. The molecule has 0 radical (unpaired) electrons. The highest BCUT2D eigenvalue weighted by Crippen LogP contribution is 2.26. The highest BCUT2D eigenvalue weighted by atomic mass is 19.1. The lowest BCUT2D eigenvalue weighted by molar-refractivity contribution is 0.567. The van der Waals surface area contributed by atoms with Crippen molar-refractivity contribution in [2.75, 3.05) is 18.0 Å². The zero-order valence-corrected chi connectivity index (χ0v) is 9.06. The van der Waals surface area contributed by atoms with Crippen LogP contribution in [0, 0.1) is 24.5 Å². The van der Waals surface area contributed by atoms with E-state index < -0.39 is 11.6 Å². The first-order valence-corrected chi connectivity index (χ1v) is 5.28. The molecule has 1 aromatic rings. The summed E-state index contributed by atoms with van der Waals surface area (Å²) in [6.45, 7) is 5.40. The molecule has 2 rings (SSSR count). The van der Waals surface area contributed by atoms with Crippen molar-refractivity contribution >= 4 is 5.69 Å². The Bertz CT molecular complexity index is 353. The molecule has 0 aliphatic carbocycles. The summed E-state index contributed by atoms with van der Waals surface area (Å²) < 4.78 is 26.6. The number of rotatable bonds is 1. The second kappa shape index (κ2) is 3.80. The van der Waals surface area contributed by atoms with Gasteiger partial charge in [0.1, 0.15) is 11.6 Å². The Morgan fingerprint density at radius 1 is 1.27 bits per heavy atom. The second-order valence-electron chi connectivity index (χ2n) is 4.37. The van der Waals surface area contributed by atoms with E-state index in [0.717, 1.165) is 19.5 Å². The van der Waals surface area contributed by atoms with Crippen LogP contribution in [-0.2, 0) is 0 Å². The number of halogens is 2. The molecule has 0 bridgehead atoms. The maximum absolute atomic E-state index is 13.3. The van der Waals surface area contributed by atoms with Crippen molar-refractivity contribution in [2.24, 2.45) is 5.92 Å². The summed E-state index contributed by atoms with van der Waals surface area (Å²) in [7, 11) is 0. The first kappa shape index (κ1) is 10.4. The molecule has 1 nitrogen and oxygen atoms in total. The fourth-order valence-corrected chi connectivity index (χ4v) is 1.98. The molecule has 1 atom stereocenters. The highest BCUT2D eigenvalue weighted by molar-refractivity contribution is 5.49. The maximum atomic E-state index is 13.3. The van der Waals surface area contributed by atoms with Gasteiger partial charge in [0.2, 0.25) is 0 Å². The summed E-state index contributed by atoms with van der Waals surface area (Å²) in [5.74, 6) is -0.300. The molecule has 0 spiro atoms. The predicted molar refractivity (Wildman–Crippen MR) is 57.1 cm³/mol. The Morgan fingerprint density at radius 2 is 1.87 bits per heavy atom. The molecule has 1 aliphatic rings. The molecule has 3 heteroatoms. The molecule has 1 aromatic carbocycles. The minimum absolute atomic E-state index is 0.103. The maximum Gasteiger partial charge on any atom is 0.131 e. The van der Waals surface area contributed by atoms with Crippen LogP contribution < -0.4 is 4.90 Å². The molecule has 0 amide bonds. The van der Waals surface area contributed by atoms with E-state index in [-0.39, 0.29) is 5.56 Å². The summed E-state index contributed by atoms with van der Waals surface area (Å²) in [4.78, 5) is 2.04. The molecular weight excluding hydrogens is 196 g/mol. The number of hydrogen-bond donors (Lipinski definition) is 0. The largest absolute Gasteiger partial charge is 0.371 e. The van der Waals surface area contributed by atoms with Crippen LogP contribution in [0.3, 0.4) is 0 Å². The van der Waals surface area contributed by atoms with Gasteiger partial charge in [0.15, 0.2) is 0 Å². The van der Waals surface area contributed by atoms with Crippen LogP contribution in [0.4, 0.5) is 14.5 Å². The lowest BCUT2D eigenvalue weighted by Crippen LogP contribution is -2.19. The lowest BCUT2D eigenvalue weighted by Gasteiger charge is -2.18. The van der Waals surface area contributed by atoms with Gasteiger partial charge in [-0.1, -0.05) is 6.92 Å². The van der Waals surface area contributed by atoms with Crippen LogP contribution in [0.25, 0.3) is 0 Å². The minimum Gasteiger partial charge on any atom is -0.371 e. The molecular formula is C12H15F2N. The van der Waals surface area contributed by atoms with Crippen molar-refractivity contribution in [2.45, 2.75) is 20.3 Å². The Kier molecular flexibility index (Phi) is 2.63. The standard InChI is InChI=1S/C12H15F2N/c1-8-3-4-15(7-8)10-5-11(13)9(2)12(14)6-10/h5-6,8H,3-4,7H2,1-2H3/t8-/m0/s1. The topological polar surface area (TPSA) is 3.24 Å². The van der Waals surface area contributed by atoms with Crippen molar-refractivity contribution < 1.29 is 8.78 Å². The number of anilines is 1. The van der Waals surface area contributed by atoms with Crippen LogP contribution in [0.5, 0.6) is 0 Å². The molecule has 1 fully saturated rings. The smallest absolute Gasteiger partial charge is 0.131 e. The Hall–Kier alpha value is -1.12. The molecule has 0 aromatic heterocycles. The number of nitrogens with zero attached hydrogens (tertiary/aromatic N) is 1. The van der Waals surface area contributed by atoms with Gasteiger partial charge >= 0.3 is 0 Å². The van der Waals surface area contributed by atoms with Gasteiger partial charge in [0.25, 0.3) is 0 Å². The van der Waals surface area contributed by atoms with E-state index in [2.05, 4.69) is 6.92 Å². The van der Waals surface area contributed by atoms with E-state index in [1.165, 1.54) is 19.1 Å². The zero-order chi connectivity index (χ0) is 11.0. The first-order valence-electron chi connectivity index (χ1n) is 5.28. The van der Waals surface area contributed by atoms with E-state index in [1.807, 2.05) is 4.90 Å². The average Bonchev–Trinajstić information content (AvgIpc) is 2.60. The van der Waals surface area contributed by atoms with Crippen LogP contribution >= 0.6 is 0 Å². The van der Waals surface area contributed by atoms with E-state index in [1.54, 1.807) is 0 Å². The van der Waals surface area contributed by atoms with Crippen molar-refractivity contribution in [1.82, 2.24) is 0 Å². The van der Waals surface area contributed by atoms with Gasteiger partial charge in [0.05, 0.1) is 0 Å². The SMILES string of the molecule is Cc1c(F)cc(N2CC[C@H](C)C2)cc1F. The Balaban J connectivity index is 2.29. The van der Waals surface area contributed by atoms with Crippen LogP contribution in [-0.4, -0.2) is 13.1 Å². The normalized spacial score (nSPS) is 21.1. The van der Waals surface area contributed by atoms with Gasteiger partial charge in [-0.15, -0.1) is 0 Å². The van der Waals surface area contributed by atoms with Crippen LogP contribution in [0.1, 0.15) is 18.9 Å². The molecule has 15 heavy (non-hydrogen) atoms. The lowest BCUT2D eigenvalue weighted by atomic mass is 10.1. The van der Waals surface area contributed by atoms with Crippen molar-refractivity contribution in [3.8, 4) is 0 Å². The second-order valence-corrected chi connectivity index (χ2v) is 4.37. The fourth-order valence-electron chi connectivity index (χ4n) is 1.98. The summed E-state index contributed by atoms with van der Waals surface area (Å²) in [6, 6.07) is 2.85. The molecule has 1 aliphatic heterocycles. The summed E-state index contributed by atoms with van der Waals surface area (Å²) in [5, 5.41) is 0. The summed E-state index contributed by atoms with van der Waals surface area (Å²) >= 11 is 0. The molecule has 1 heterocycles. The summed E-state index contributed by atoms with van der Waals surface area (Å²) in [6.07, 6.45) is 1.09. The Morgan fingerprint density at radius 3 is 2.33 bits per heavy atom. The highest BCUT2D eigenvalue weighted by Gasteiger charge is 2.20. The van der Waals surface area contributed by atoms with E-state index in [0.29, 0.717) is 11.6 Å². The van der Waals surface area contributed by atoms with Crippen LogP contribution in [0.2, 0.25) is 0 Å². The molecule has 1 saturated heterocycles. The van der Waals surface area contributed by atoms with Crippen molar-refractivity contribution in [1.29, 1.82) is 0 Å². The predicted octanol–water partition coefficient (Wildman–Crippen LogP) is 3.12. The number of hydrogen-bond acceptors (Lipinski definition) is 1. The van der Waals surface area contributed by atoms with E-state index in [4.69, 9.17) is 0 Å². The third-order valence-electron chi connectivity index (χ3n) is 3.05. The zero-order valence-electron chi connectivity index (χ0n) is 9.06. The third kappa shape index (κ3) is 1.96. The van der Waals surface area contributed by atoms with E-state index >= 15 is 0 Å². The van der Waals surface area contributed by atoms with Crippen molar-refractivity contribution in [3.05, 3.63) is 29.3 Å². The van der Waals surface area contributed by atoms with E-state index in [9.17, 15) is 8.78 Å². The number of benzene rings is 1. The molecule has 0 N–H and O–H groups in total. The molecule has 0 unspecified atom stereocenters. The van der Waals surface area contributed by atoms with Gasteiger partial charge in [-0.2, -0.15) is 0 Å². The van der Waals surface area contributed by atoms with Crippen molar-refractivity contribution in [3.63, 3.8) is 0 Å². The molecule has 0 saturated carbocycles. The first-order chi connectivity index (χ1) is 7.08. The van der Waals surface area contributed by atoms with Gasteiger partial charge in [-0.3, -0.25) is 0 Å². The quantitative estimate of drug-likeness (QED) is 0.689. The van der Waals surface area contributed by atoms with Gasteiger partial charge in [0, 0.05) is 24.3 Å². The fraction of sp³-hybridized carbons (Fsp3) is 0.500. The van der Waals surface area contributed by atoms with Crippen LogP contribution in [0.15, 0.2) is 12.1 Å². The monoisotopic (exact) mass is 211 g/mol. The Labute approximate surface area is 88.7 Å². The summed E-state index contributed by atoms with van der Waals surface area (Å²) in [5.41, 5.74) is 0.769. The van der Waals surface area contributed by atoms with Gasteiger partial charge in [-0.25, -0.2) is 8.78 Å². The van der Waals surface area contributed by atoms with Gasteiger partial charge < -0.3 is 4.90 Å². The van der Waals surface area contributed by atoms with Gasteiger partial charge in [-0.05, 0) is 31.4 Å². The third-order valence-corrected chi connectivity index (χ3v) is 3.05. The minimum atomic E-state index is -0.454.